The number of hydrogen-bond donors (Lipinski definition) is 2. The maximum absolute atomic E-state index is 12.7. The fourth-order valence-electron chi connectivity index (χ4n) is 2.89. The van der Waals surface area contributed by atoms with Gasteiger partial charge < -0.3 is 10.6 Å². The third kappa shape index (κ3) is 4.69. The first-order chi connectivity index (χ1) is 12.0. The van der Waals surface area contributed by atoms with Gasteiger partial charge in [0, 0.05) is 18.0 Å². The van der Waals surface area contributed by atoms with Gasteiger partial charge in [-0.2, -0.15) is 0 Å². The Bertz CT molecular complexity index is 767. The van der Waals surface area contributed by atoms with Crippen LogP contribution in [0.2, 0.25) is 0 Å². The number of carbonyl (C=O) groups excluding carboxylic acids is 2. The minimum atomic E-state index is -0.573. The molecule has 1 fully saturated rings. The van der Waals surface area contributed by atoms with Gasteiger partial charge in [0.25, 0.3) is 5.91 Å². The minimum Gasteiger partial charge on any atom is -0.352 e. The van der Waals surface area contributed by atoms with Gasteiger partial charge in [-0.25, -0.2) is 0 Å². The predicted octanol–water partition coefficient (Wildman–Crippen LogP) is 2.92. The van der Waals surface area contributed by atoms with Crippen molar-refractivity contribution in [1.29, 1.82) is 0 Å². The number of carbonyl (C=O) groups is 2. The summed E-state index contributed by atoms with van der Waals surface area (Å²) in [5.74, 6) is -0.311. The van der Waals surface area contributed by atoms with Crippen LogP contribution in [0.25, 0.3) is 0 Å². The van der Waals surface area contributed by atoms with Crippen molar-refractivity contribution in [2.45, 2.75) is 45.2 Å². The first kappa shape index (κ1) is 17.2. The maximum Gasteiger partial charge on any atom is 0.252 e. The Morgan fingerprint density at radius 2 is 1.80 bits per heavy atom. The maximum atomic E-state index is 12.7. The molecule has 130 valence electrons. The van der Waals surface area contributed by atoms with Gasteiger partial charge in [0.05, 0.1) is 0 Å². The smallest absolute Gasteiger partial charge is 0.252 e. The molecule has 1 aliphatic carbocycles. The molecule has 3 rings (SSSR count). The molecular formula is C21H24N2O2. The van der Waals surface area contributed by atoms with E-state index in [0.717, 1.165) is 29.5 Å². The van der Waals surface area contributed by atoms with E-state index in [0.29, 0.717) is 12.0 Å². The molecule has 0 bridgehead atoms. The van der Waals surface area contributed by atoms with Crippen molar-refractivity contribution in [3.05, 3.63) is 70.8 Å². The second-order valence-corrected chi connectivity index (χ2v) is 6.82. The second-order valence-electron chi connectivity index (χ2n) is 6.82. The lowest BCUT2D eigenvalue weighted by Crippen LogP contribution is -2.48. The summed E-state index contributed by atoms with van der Waals surface area (Å²) in [5.41, 5.74) is 3.67. The molecular weight excluding hydrogens is 312 g/mol. The molecule has 2 aromatic carbocycles. The standard InChI is InChI=1S/C21H24N2O2/c1-14-8-11-18(15(2)12-14)20(24)23-19(21(25)22-17-9-10-17)13-16-6-4-3-5-7-16/h3-8,11-12,17,19H,9-10,13H2,1-2H3,(H,22,25)(H,23,24). The number of nitrogens with one attached hydrogen (secondary N) is 2. The van der Waals surface area contributed by atoms with Crippen molar-refractivity contribution in [2.75, 3.05) is 0 Å². The Morgan fingerprint density at radius 3 is 2.44 bits per heavy atom. The molecule has 1 aliphatic rings. The van der Waals surface area contributed by atoms with E-state index in [-0.39, 0.29) is 17.9 Å². The first-order valence-electron chi connectivity index (χ1n) is 8.75. The quantitative estimate of drug-likeness (QED) is 0.852. The Balaban J connectivity index is 1.75. The van der Waals surface area contributed by atoms with E-state index in [2.05, 4.69) is 10.6 Å². The van der Waals surface area contributed by atoms with Crippen LogP contribution in [0.3, 0.4) is 0 Å². The largest absolute Gasteiger partial charge is 0.352 e. The highest BCUT2D eigenvalue weighted by Crippen LogP contribution is 2.19. The van der Waals surface area contributed by atoms with E-state index in [1.54, 1.807) is 0 Å². The van der Waals surface area contributed by atoms with Crippen LogP contribution in [-0.4, -0.2) is 23.9 Å². The van der Waals surface area contributed by atoms with Crippen LogP contribution >= 0.6 is 0 Å². The van der Waals surface area contributed by atoms with Crippen molar-refractivity contribution in [3.63, 3.8) is 0 Å². The van der Waals surface area contributed by atoms with Crippen LogP contribution in [0, 0.1) is 13.8 Å². The zero-order valence-corrected chi connectivity index (χ0v) is 14.7. The molecule has 2 amide bonds. The summed E-state index contributed by atoms with van der Waals surface area (Å²) in [7, 11) is 0. The Labute approximate surface area is 148 Å². The Kier molecular flexibility index (Phi) is 5.17. The Morgan fingerprint density at radius 1 is 1.08 bits per heavy atom. The molecule has 0 saturated heterocycles. The van der Waals surface area contributed by atoms with Crippen molar-refractivity contribution in [2.24, 2.45) is 0 Å². The SMILES string of the molecule is Cc1ccc(C(=O)NC(Cc2ccccc2)C(=O)NC2CC2)c(C)c1. The topological polar surface area (TPSA) is 58.2 Å². The molecule has 4 nitrogen and oxygen atoms in total. The van der Waals surface area contributed by atoms with Gasteiger partial charge in [-0.05, 0) is 43.9 Å². The van der Waals surface area contributed by atoms with Gasteiger partial charge in [-0.15, -0.1) is 0 Å². The highest BCUT2D eigenvalue weighted by Gasteiger charge is 2.29. The lowest BCUT2D eigenvalue weighted by atomic mass is 10.0. The van der Waals surface area contributed by atoms with Gasteiger partial charge in [0.1, 0.15) is 6.04 Å². The van der Waals surface area contributed by atoms with E-state index in [4.69, 9.17) is 0 Å². The van der Waals surface area contributed by atoms with Crippen LogP contribution in [0.5, 0.6) is 0 Å². The monoisotopic (exact) mass is 336 g/mol. The molecule has 2 N–H and O–H groups in total. The lowest BCUT2D eigenvalue weighted by molar-refractivity contribution is -0.123. The van der Waals surface area contributed by atoms with Gasteiger partial charge in [-0.3, -0.25) is 9.59 Å². The molecule has 2 aromatic rings. The van der Waals surface area contributed by atoms with Crippen LogP contribution < -0.4 is 10.6 Å². The van der Waals surface area contributed by atoms with Gasteiger partial charge in [-0.1, -0.05) is 48.0 Å². The average Bonchev–Trinajstić information content (AvgIpc) is 3.39. The molecule has 1 atom stereocenters. The normalized spacial score (nSPS) is 14.6. The number of rotatable bonds is 6. The van der Waals surface area contributed by atoms with Gasteiger partial charge >= 0.3 is 0 Å². The van der Waals surface area contributed by atoms with Crippen molar-refractivity contribution < 1.29 is 9.59 Å². The van der Waals surface area contributed by atoms with E-state index < -0.39 is 6.04 Å². The van der Waals surface area contributed by atoms with E-state index in [1.165, 1.54) is 0 Å². The van der Waals surface area contributed by atoms with Crippen molar-refractivity contribution >= 4 is 11.8 Å². The van der Waals surface area contributed by atoms with Crippen LogP contribution in [0.15, 0.2) is 48.5 Å². The zero-order chi connectivity index (χ0) is 17.8. The van der Waals surface area contributed by atoms with Gasteiger partial charge in [0.2, 0.25) is 5.91 Å². The molecule has 0 spiro atoms. The summed E-state index contributed by atoms with van der Waals surface area (Å²) in [6.07, 6.45) is 2.53. The molecule has 0 heterocycles. The van der Waals surface area contributed by atoms with Crippen molar-refractivity contribution in [1.82, 2.24) is 10.6 Å². The first-order valence-corrected chi connectivity index (χ1v) is 8.75. The molecule has 1 saturated carbocycles. The van der Waals surface area contributed by atoms with Crippen LogP contribution in [-0.2, 0) is 11.2 Å². The van der Waals surface area contributed by atoms with Gasteiger partial charge in [0.15, 0.2) is 0 Å². The minimum absolute atomic E-state index is 0.107. The molecule has 0 aromatic heterocycles. The summed E-state index contributed by atoms with van der Waals surface area (Å²) in [4.78, 5) is 25.3. The molecule has 4 heteroatoms. The number of aryl methyl sites for hydroxylation is 2. The highest BCUT2D eigenvalue weighted by atomic mass is 16.2. The van der Waals surface area contributed by atoms with Crippen LogP contribution in [0.4, 0.5) is 0 Å². The highest BCUT2D eigenvalue weighted by molar-refractivity contribution is 5.98. The van der Waals surface area contributed by atoms with E-state index >= 15 is 0 Å². The van der Waals surface area contributed by atoms with E-state index in [9.17, 15) is 9.59 Å². The van der Waals surface area contributed by atoms with Crippen LogP contribution in [0.1, 0.15) is 39.9 Å². The molecule has 25 heavy (non-hydrogen) atoms. The summed E-state index contributed by atoms with van der Waals surface area (Å²) in [6, 6.07) is 15.2. The number of hydrogen-bond acceptors (Lipinski definition) is 2. The van der Waals surface area contributed by atoms with E-state index in [1.807, 2.05) is 62.4 Å². The second kappa shape index (κ2) is 7.51. The number of amides is 2. The third-order valence-electron chi connectivity index (χ3n) is 4.45. The lowest BCUT2D eigenvalue weighted by Gasteiger charge is -2.19. The fourth-order valence-corrected chi connectivity index (χ4v) is 2.89. The zero-order valence-electron chi connectivity index (χ0n) is 14.7. The number of benzene rings is 2. The van der Waals surface area contributed by atoms with Crippen molar-refractivity contribution in [3.8, 4) is 0 Å². The molecule has 1 unspecified atom stereocenters. The Hall–Kier alpha value is -2.62. The average molecular weight is 336 g/mol. The third-order valence-corrected chi connectivity index (χ3v) is 4.45. The summed E-state index contributed by atoms with van der Waals surface area (Å²) >= 11 is 0. The summed E-state index contributed by atoms with van der Waals surface area (Å²) < 4.78 is 0. The fraction of sp³-hybridized carbons (Fsp3) is 0.333. The summed E-state index contributed by atoms with van der Waals surface area (Å²) in [6.45, 7) is 3.91. The summed E-state index contributed by atoms with van der Waals surface area (Å²) in [5, 5.41) is 5.93. The predicted molar refractivity (Wildman–Crippen MR) is 98.5 cm³/mol. The molecule has 0 aliphatic heterocycles. The molecule has 0 radical (unpaired) electrons.